The summed E-state index contributed by atoms with van der Waals surface area (Å²) < 4.78 is 17.5. The van der Waals surface area contributed by atoms with Crippen molar-refractivity contribution in [3.63, 3.8) is 0 Å². The van der Waals surface area contributed by atoms with Crippen molar-refractivity contribution in [1.29, 1.82) is 0 Å². The van der Waals surface area contributed by atoms with E-state index in [-0.39, 0.29) is 16.9 Å². The van der Waals surface area contributed by atoms with E-state index in [2.05, 4.69) is 20.8 Å². The van der Waals surface area contributed by atoms with Crippen LogP contribution in [-0.4, -0.2) is 10.5 Å². The van der Waals surface area contributed by atoms with Gasteiger partial charge in [0.05, 0.1) is 16.6 Å². The van der Waals surface area contributed by atoms with Crippen molar-refractivity contribution < 1.29 is 13.4 Å². The summed E-state index contributed by atoms with van der Waals surface area (Å²) in [7, 11) is -1.17. The second-order valence-electron chi connectivity index (χ2n) is 5.69. The molecule has 0 fully saturated rings. The second kappa shape index (κ2) is 5.75. The van der Waals surface area contributed by atoms with Gasteiger partial charge in [0, 0.05) is 4.90 Å². The Morgan fingerprint density at radius 2 is 1.75 bits per heavy atom. The minimum absolute atomic E-state index is 0.0832. The number of hydrogen-bond acceptors (Lipinski definition) is 3. The maximum absolute atomic E-state index is 12.2. The molecule has 106 valence electrons. The van der Waals surface area contributed by atoms with Crippen LogP contribution >= 0.6 is 0 Å². The number of furan rings is 1. The molecule has 0 N–H and O–H groups in total. The van der Waals surface area contributed by atoms with Crippen LogP contribution in [0.1, 0.15) is 42.6 Å². The molecule has 1 aromatic heterocycles. The predicted molar refractivity (Wildman–Crippen MR) is 79.3 cm³/mol. The van der Waals surface area contributed by atoms with Crippen LogP contribution in [0.3, 0.4) is 0 Å². The molecule has 2 rings (SSSR count). The maximum Gasteiger partial charge on any atom is 0.185 e. The summed E-state index contributed by atoms with van der Waals surface area (Å²) in [5.74, 6) is 1.10. The normalized spacial score (nSPS) is 13.2. The molecule has 0 radical (unpaired) electrons. The molecule has 0 aliphatic rings. The molecule has 1 unspecified atom stereocenters. The molecule has 20 heavy (non-hydrogen) atoms. The van der Waals surface area contributed by atoms with Crippen molar-refractivity contribution in [2.75, 3.05) is 0 Å². The molecular weight excluding hydrogens is 272 g/mol. The van der Waals surface area contributed by atoms with Gasteiger partial charge in [-0.3, -0.25) is 9.00 Å². The van der Waals surface area contributed by atoms with Gasteiger partial charge < -0.3 is 4.42 Å². The van der Waals surface area contributed by atoms with E-state index < -0.39 is 10.8 Å². The van der Waals surface area contributed by atoms with Crippen molar-refractivity contribution in [3.05, 3.63) is 53.5 Å². The van der Waals surface area contributed by atoms with Crippen LogP contribution in [0, 0.1) is 0 Å². The summed E-state index contributed by atoms with van der Waals surface area (Å²) in [5, 5.41) is 0. The Balaban J connectivity index is 2.11. The zero-order chi connectivity index (χ0) is 14.8. The van der Waals surface area contributed by atoms with Gasteiger partial charge in [-0.2, -0.15) is 0 Å². The fourth-order valence-electron chi connectivity index (χ4n) is 1.85. The summed E-state index contributed by atoms with van der Waals surface area (Å²) in [5.41, 5.74) is 1.29. The van der Waals surface area contributed by atoms with Gasteiger partial charge in [0.15, 0.2) is 12.0 Å². The second-order valence-corrected chi connectivity index (χ2v) is 7.14. The number of aldehydes is 1. The highest BCUT2D eigenvalue weighted by Crippen LogP contribution is 2.23. The standard InChI is InChI=1S/C16H18O3S/c1-16(2,3)12-4-8-15(9-5-12)20(18)11-14-7-6-13(10-17)19-14/h4-10H,11H2,1-3H3. The number of hydrogen-bond donors (Lipinski definition) is 0. The summed E-state index contributed by atoms with van der Waals surface area (Å²) >= 11 is 0. The molecule has 0 saturated carbocycles. The Labute approximate surface area is 121 Å². The zero-order valence-corrected chi connectivity index (χ0v) is 12.7. The van der Waals surface area contributed by atoms with Crippen molar-refractivity contribution in [3.8, 4) is 0 Å². The van der Waals surface area contributed by atoms with Crippen LogP contribution in [0.25, 0.3) is 0 Å². The maximum atomic E-state index is 12.2. The summed E-state index contributed by atoms with van der Waals surface area (Å²) in [4.78, 5) is 11.3. The van der Waals surface area contributed by atoms with E-state index in [0.717, 1.165) is 4.90 Å². The Morgan fingerprint density at radius 1 is 1.10 bits per heavy atom. The van der Waals surface area contributed by atoms with E-state index in [0.29, 0.717) is 12.0 Å². The molecule has 0 bridgehead atoms. The molecular formula is C16H18O3S. The highest BCUT2D eigenvalue weighted by atomic mass is 32.2. The van der Waals surface area contributed by atoms with Gasteiger partial charge >= 0.3 is 0 Å². The minimum Gasteiger partial charge on any atom is -0.457 e. The molecule has 1 atom stereocenters. The zero-order valence-electron chi connectivity index (χ0n) is 11.9. The van der Waals surface area contributed by atoms with Gasteiger partial charge in [-0.05, 0) is 35.2 Å². The van der Waals surface area contributed by atoms with Crippen LogP contribution < -0.4 is 0 Å². The quantitative estimate of drug-likeness (QED) is 0.807. The lowest BCUT2D eigenvalue weighted by Gasteiger charge is -2.18. The molecule has 4 heteroatoms. The lowest BCUT2D eigenvalue weighted by Crippen LogP contribution is -2.10. The van der Waals surface area contributed by atoms with Crippen LogP contribution in [0.4, 0.5) is 0 Å². The first-order chi connectivity index (χ1) is 9.40. The van der Waals surface area contributed by atoms with E-state index in [1.54, 1.807) is 12.1 Å². The van der Waals surface area contributed by atoms with Gasteiger partial charge in [-0.25, -0.2) is 0 Å². The van der Waals surface area contributed by atoms with E-state index in [4.69, 9.17) is 4.42 Å². The molecule has 0 aliphatic carbocycles. The first-order valence-corrected chi connectivity index (χ1v) is 7.75. The molecule has 1 heterocycles. The summed E-state index contributed by atoms with van der Waals surface area (Å²) in [6.07, 6.45) is 0.643. The van der Waals surface area contributed by atoms with Crippen LogP contribution in [0.5, 0.6) is 0 Å². The van der Waals surface area contributed by atoms with Crippen molar-refractivity contribution in [2.45, 2.75) is 36.8 Å². The first-order valence-electron chi connectivity index (χ1n) is 6.43. The van der Waals surface area contributed by atoms with E-state index in [1.165, 1.54) is 5.56 Å². The number of rotatable bonds is 4. The predicted octanol–water partition coefficient (Wildman–Crippen LogP) is 3.70. The Bertz CT molecular complexity index is 618. The van der Waals surface area contributed by atoms with Gasteiger partial charge in [0.2, 0.25) is 0 Å². The summed E-state index contributed by atoms with van der Waals surface area (Å²) in [6.45, 7) is 6.42. The average molecular weight is 290 g/mol. The smallest absolute Gasteiger partial charge is 0.185 e. The van der Waals surface area contributed by atoms with Gasteiger partial charge in [0.25, 0.3) is 0 Å². The SMILES string of the molecule is CC(C)(C)c1ccc(S(=O)Cc2ccc(C=O)o2)cc1. The monoisotopic (exact) mass is 290 g/mol. The van der Waals surface area contributed by atoms with Gasteiger partial charge in [-0.1, -0.05) is 32.9 Å². The molecule has 3 nitrogen and oxygen atoms in total. The van der Waals surface area contributed by atoms with E-state index >= 15 is 0 Å². The number of carbonyl (C=O) groups excluding carboxylic acids is 1. The lowest BCUT2D eigenvalue weighted by atomic mass is 9.87. The van der Waals surface area contributed by atoms with Crippen molar-refractivity contribution in [1.82, 2.24) is 0 Å². The lowest BCUT2D eigenvalue weighted by molar-refractivity contribution is 0.109. The van der Waals surface area contributed by atoms with Gasteiger partial charge in [0.1, 0.15) is 5.76 Å². The fourth-order valence-corrected chi connectivity index (χ4v) is 2.87. The van der Waals surface area contributed by atoms with Crippen LogP contribution in [0.2, 0.25) is 0 Å². The molecule has 0 aliphatic heterocycles. The largest absolute Gasteiger partial charge is 0.457 e. The third-order valence-corrected chi connectivity index (χ3v) is 4.40. The first kappa shape index (κ1) is 14.7. The number of benzene rings is 1. The topological polar surface area (TPSA) is 47.3 Å². The van der Waals surface area contributed by atoms with Crippen LogP contribution in [0.15, 0.2) is 45.7 Å². The third kappa shape index (κ3) is 3.45. The third-order valence-electron chi connectivity index (χ3n) is 3.06. The highest BCUT2D eigenvalue weighted by Gasteiger charge is 2.14. The number of carbonyl (C=O) groups is 1. The molecule has 0 spiro atoms. The van der Waals surface area contributed by atoms with Crippen molar-refractivity contribution >= 4 is 17.1 Å². The summed E-state index contributed by atoms with van der Waals surface area (Å²) in [6, 6.07) is 11.1. The van der Waals surface area contributed by atoms with E-state index in [9.17, 15) is 9.00 Å². The molecule has 1 aromatic carbocycles. The van der Waals surface area contributed by atoms with Crippen LogP contribution in [-0.2, 0) is 22.0 Å². The minimum atomic E-state index is -1.17. The Hall–Kier alpha value is -1.68. The molecule has 2 aromatic rings. The highest BCUT2D eigenvalue weighted by molar-refractivity contribution is 7.84. The Kier molecular flexibility index (Phi) is 4.23. The van der Waals surface area contributed by atoms with E-state index in [1.807, 2.05) is 24.3 Å². The van der Waals surface area contributed by atoms with Crippen molar-refractivity contribution in [2.24, 2.45) is 0 Å². The molecule has 0 amide bonds. The fraction of sp³-hybridized carbons (Fsp3) is 0.312. The molecule has 0 saturated heterocycles. The Morgan fingerprint density at radius 3 is 2.25 bits per heavy atom. The average Bonchev–Trinajstić information content (AvgIpc) is 2.85. The van der Waals surface area contributed by atoms with Gasteiger partial charge in [-0.15, -0.1) is 0 Å².